The van der Waals surface area contributed by atoms with E-state index in [0.717, 1.165) is 13.5 Å². The molecule has 1 saturated heterocycles. The number of hydrogen-bond donors (Lipinski definition) is 0. The molecule has 0 amide bonds. The highest BCUT2D eigenvalue weighted by Crippen LogP contribution is 2.49. The van der Waals surface area contributed by atoms with Crippen molar-refractivity contribution in [3.63, 3.8) is 0 Å². The van der Waals surface area contributed by atoms with E-state index in [1.165, 1.54) is 50.0 Å². The number of hydrogen-bond acceptors (Lipinski definition) is 2. The third-order valence-corrected chi connectivity index (χ3v) is 6.38. The van der Waals surface area contributed by atoms with E-state index in [1.54, 1.807) is 11.1 Å². The summed E-state index contributed by atoms with van der Waals surface area (Å²) in [6.45, 7) is 17.4. The van der Waals surface area contributed by atoms with E-state index in [1.807, 2.05) is 0 Å². The van der Waals surface area contributed by atoms with Crippen molar-refractivity contribution in [1.82, 2.24) is 4.90 Å². The van der Waals surface area contributed by atoms with Gasteiger partial charge < -0.3 is 4.90 Å². The Kier molecular flexibility index (Phi) is 6.62. The van der Waals surface area contributed by atoms with Crippen LogP contribution < -0.4 is 0 Å². The largest absolute Gasteiger partial charge is 0.303 e. The number of aryl methyl sites for hydroxylation is 2. The predicted octanol–water partition coefficient (Wildman–Crippen LogP) is 5.65. The van der Waals surface area contributed by atoms with Gasteiger partial charge in [0, 0.05) is 12.0 Å². The molecule has 1 nitrogen and oxygen atoms in total. The first-order chi connectivity index (χ1) is 11.2. The number of likely N-dealkylation sites (tertiary alicyclic amines) is 1. The van der Waals surface area contributed by atoms with Crippen molar-refractivity contribution in [3.8, 4) is 0 Å². The lowest BCUT2D eigenvalue weighted by Crippen LogP contribution is -2.50. The monoisotopic (exact) mass is 363 g/mol. The second-order valence-electron chi connectivity index (χ2n) is 8.85. The van der Waals surface area contributed by atoms with E-state index in [4.69, 9.17) is 0 Å². The topological polar surface area (TPSA) is 3.24 Å². The fraction of sp³-hybridized carbons (Fsp3) is 0.714. The highest BCUT2D eigenvalue weighted by atomic mass is 32.4. The van der Waals surface area contributed by atoms with Gasteiger partial charge in [-0.2, -0.15) is 0 Å². The van der Waals surface area contributed by atoms with Gasteiger partial charge in [-0.05, 0) is 81.8 Å². The zero-order valence-corrected chi connectivity index (χ0v) is 18.1. The van der Waals surface area contributed by atoms with Gasteiger partial charge in [0.25, 0.3) is 0 Å². The molecule has 1 aromatic carbocycles. The number of rotatable bonds is 2. The second-order valence-corrected chi connectivity index (χ2v) is 10.5. The molecule has 0 radical (unpaired) electrons. The summed E-state index contributed by atoms with van der Waals surface area (Å²) >= 11 is 4.53. The molecule has 1 aromatic rings. The summed E-state index contributed by atoms with van der Waals surface area (Å²) in [4.78, 5) is 2.67. The minimum absolute atomic E-state index is 0.426. The minimum Gasteiger partial charge on any atom is -0.303 e. The van der Waals surface area contributed by atoms with Gasteiger partial charge in [-0.15, -0.1) is 0 Å². The molecule has 2 aliphatic rings. The van der Waals surface area contributed by atoms with E-state index in [9.17, 15) is 0 Å². The van der Waals surface area contributed by atoms with Crippen molar-refractivity contribution in [2.75, 3.05) is 25.8 Å². The lowest BCUT2D eigenvalue weighted by Gasteiger charge is -2.51. The van der Waals surface area contributed by atoms with E-state index in [-0.39, 0.29) is 0 Å². The highest BCUT2D eigenvalue weighted by molar-refractivity contribution is 7.96. The smallest absolute Gasteiger partial charge is 0.00301 e. The summed E-state index contributed by atoms with van der Waals surface area (Å²) in [5.41, 5.74) is 7.25. The van der Waals surface area contributed by atoms with Crippen LogP contribution in [-0.2, 0) is 23.6 Å². The Morgan fingerprint density at radius 1 is 1.17 bits per heavy atom. The SMILES string of the molecule is CCP=S.Cc1cc(C)c2c(c1)C1(CCN(CC(C)(C)C)CC1)C2. The first-order valence-corrected chi connectivity index (χ1v) is 11.4. The molecule has 0 saturated carbocycles. The summed E-state index contributed by atoms with van der Waals surface area (Å²) in [5.74, 6) is 0. The molecule has 0 bridgehead atoms. The van der Waals surface area contributed by atoms with Crippen LogP contribution in [0, 0.1) is 19.3 Å². The summed E-state index contributed by atoms with van der Waals surface area (Å²) in [5, 5.41) is 0. The van der Waals surface area contributed by atoms with Crippen LogP contribution >= 0.6 is 7.36 Å². The maximum absolute atomic E-state index is 4.53. The lowest BCUT2D eigenvalue weighted by molar-refractivity contribution is 0.109. The van der Waals surface area contributed by atoms with Crippen molar-refractivity contribution in [2.45, 2.75) is 66.2 Å². The quantitative estimate of drug-likeness (QED) is 0.624. The van der Waals surface area contributed by atoms with E-state index in [0.29, 0.717) is 10.8 Å². The molecule has 1 aliphatic heterocycles. The molecule has 1 aliphatic carbocycles. The first-order valence-electron chi connectivity index (χ1n) is 9.33. The molecular weight excluding hydrogens is 329 g/mol. The van der Waals surface area contributed by atoms with Crippen molar-refractivity contribution >= 4 is 19.2 Å². The second kappa shape index (κ2) is 7.94. The lowest BCUT2D eigenvalue weighted by atomic mass is 9.58. The summed E-state index contributed by atoms with van der Waals surface area (Å²) in [6.07, 6.45) is 5.16. The van der Waals surface area contributed by atoms with Crippen LogP contribution in [0.2, 0.25) is 0 Å². The van der Waals surface area contributed by atoms with E-state index >= 15 is 0 Å². The van der Waals surface area contributed by atoms with Crippen LogP contribution in [0.1, 0.15) is 62.8 Å². The third kappa shape index (κ3) is 4.65. The van der Waals surface area contributed by atoms with Gasteiger partial charge in [0.2, 0.25) is 0 Å². The van der Waals surface area contributed by atoms with Crippen LogP contribution in [0.15, 0.2) is 12.1 Å². The summed E-state index contributed by atoms with van der Waals surface area (Å²) in [7, 11) is 1.08. The Morgan fingerprint density at radius 3 is 2.25 bits per heavy atom. The Balaban J connectivity index is 0.000000471. The molecule has 3 rings (SSSR count). The molecular formula is C21H34NPS. The van der Waals surface area contributed by atoms with Crippen LogP contribution in [0.25, 0.3) is 0 Å². The van der Waals surface area contributed by atoms with Crippen LogP contribution in [0.5, 0.6) is 0 Å². The number of benzene rings is 1. The Hall–Kier alpha value is -0.300. The molecule has 0 unspecified atom stereocenters. The van der Waals surface area contributed by atoms with E-state index in [2.05, 4.69) is 70.4 Å². The maximum atomic E-state index is 4.53. The van der Waals surface area contributed by atoms with Gasteiger partial charge in [0.05, 0.1) is 0 Å². The van der Waals surface area contributed by atoms with Crippen LogP contribution in [-0.4, -0.2) is 30.7 Å². The molecule has 3 heteroatoms. The Labute approximate surface area is 156 Å². The number of piperidine rings is 1. The van der Waals surface area contributed by atoms with Crippen molar-refractivity contribution in [1.29, 1.82) is 0 Å². The average molecular weight is 364 g/mol. The molecule has 0 N–H and O–H groups in total. The molecule has 0 aromatic heterocycles. The molecule has 134 valence electrons. The summed E-state index contributed by atoms with van der Waals surface area (Å²) in [6, 6.07) is 4.81. The Morgan fingerprint density at radius 2 is 1.75 bits per heavy atom. The normalized spacial score (nSPS) is 19.4. The maximum Gasteiger partial charge on any atom is 0.00301 e. The van der Waals surface area contributed by atoms with Gasteiger partial charge in [-0.25, -0.2) is 0 Å². The van der Waals surface area contributed by atoms with Gasteiger partial charge in [-0.1, -0.05) is 57.2 Å². The Bertz CT molecular complexity index is 580. The van der Waals surface area contributed by atoms with Gasteiger partial charge >= 0.3 is 0 Å². The average Bonchev–Trinajstić information content (AvgIpc) is 2.49. The zero-order chi connectivity index (χ0) is 18.0. The van der Waals surface area contributed by atoms with E-state index < -0.39 is 0 Å². The molecule has 1 fully saturated rings. The van der Waals surface area contributed by atoms with Crippen molar-refractivity contribution in [2.24, 2.45) is 5.41 Å². The predicted molar refractivity (Wildman–Crippen MR) is 111 cm³/mol. The third-order valence-electron chi connectivity index (χ3n) is 5.34. The van der Waals surface area contributed by atoms with Gasteiger partial charge in [0.1, 0.15) is 0 Å². The van der Waals surface area contributed by atoms with Crippen LogP contribution in [0.3, 0.4) is 0 Å². The number of fused-ring (bicyclic) bond motifs is 2. The molecule has 24 heavy (non-hydrogen) atoms. The molecule has 0 atom stereocenters. The van der Waals surface area contributed by atoms with Crippen LogP contribution in [0.4, 0.5) is 0 Å². The highest BCUT2D eigenvalue weighted by Gasteiger charge is 2.45. The fourth-order valence-corrected chi connectivity index (χ4v) is 4.29. The van der Waals surface area contributed by atoms with Crippen molar-refractivity contribution < 1.29 is 0 Å². The van der Waals surface area contributed by atoms with Gasteiger partial charge in [0.15, 0.2) is 0 Å². The minimum atomic E-state index is 0.426. The molecule has 1 heterocycles. The molecule has 1 spiro atoms. The van der Waals surface area contributed by atoms with Crippen molar-refractivity contribution in [3.05, 3.63) is 34.4 Å². The standard InChI is InChI=1S/C19H29N.C2H5PS/c1-14-10-15(2)16-12-19(17(16)11-14)6-8-20(9-7-19)13-18(3,4)5;1-2-3-4/h10-11H,6-9,12-13H2,1-5H3;2H2,1H3. The number of nitrogens with zero attached hydrogens (tertiary/aromatic N) is 1. The fourth-order valence-electron chi connectivity index (χ4n) is 4.29. The zero-order valence-electron chi connectivity index (χ0n) is 16.4. The van der Waals surface area contributed by atoms with Gasteiger partial charge in [-0.3, -0.25) is 0 Å². The summed E-state index contributed by atoms with van der Waals surface area (Å²) < 4.78 is 0. The first kappa shape index (κ1) is 20.0.